The third kappa shape index (κ3) is 1.87. The second-order valence-corrected chi connectivity index (χ2v) is 4.74. The van der Waals surface area contributed by atoms with Gasteiger partial charge in [0.1, 0.15) is 6.17 Å². The van der Waals surface area contributed by atoms with Gasteiger partial charge in [-0.3, -0.25) is 9.58 Å². The van der Waals surface area contributed by atoms with Crippen molar-refractivity contribution < 1.29 is 0 Å². The van der Waals surface area contributed by atoms with Crippen molar-refractivity contribution in [2.24, 2.45) is 5.73 Å². The van der Waals surface area contributed by atoms with Gasteiger partial charge in [-0.05, 0) is 58.8 Å². The van der Waals surface area contributed by atoms with E-state index in [9.17, 15) is 0 Å². The molecule has 2 N–H and O–H groups in total. The van der Waals surface area contributed by atoms with E-state index in [0.29, 0.717) is 12.7 Å². The minimum absolute atomic E-state index is 0.449. The third-order valence-electron chi connectivity index (χ3n) is 3.63. The van der Waals surface area contributed by atoms with Crippen molar-refractivity contribution in [3.05, 3.63) is 17.0 Å². The maximum atomic E-state index is 5.64. The molecule has 90 valence electrons. The van der Waals surface area contributed by atoms with Crippen molar-refractivity contribution in [2.45, 2.75) is 39.3 Å². The van der Waals surface area contributed by atoms with E-state index in [4.69, 9.17) is 5.73 Å². The predicted molar refractivity (Wildman–Crippen MR) is 65.4 cm³/mol. The number of aromatic nitrogens is 2. The van der Waals surface area contributed by atoms with Gasteiger partial charge in [-0.15, -0.1) is 0 Å². The van der Waals surface area contributed by atoms with Crippen LogP contribution < -0.4 is 5.73 Å². The summed E-state index contributed by atoms with van der Waals surface area (Å²) in [6, 6.07) is 0. The van der Waals surface area contributed by atoms with Crippen molar-refractivity contribution in [3.8, 4) is 0 Å². The van der Waals surface area contributed by atoms with Crippen molar-refractivity contribution in [1.29, 1.82) is 0 Å². The monoisotopic (exact) mass is 222 g/mol. The van der Waals surface area contributed by atoms with E-state index in [-0.39, 0.29) is 0 Å². The topological polar surface area (TPSA) is 47.1 Å². The van der Waals surface area contributed by atoms with Gasteiger partial charge in [0.15, 0.2) is 0 Å². The Morgan fingerprint density at radius 2 is 2.19 bits per heavy atom. The van der Waals surface area contributed by atoms with Gasteiger partial charge < -0.3 is 5.73 Å². The highest BCUT2D eigenvalue weighted by Crippen LogP contribution is 2.27. The molecule has 0 aliphatic carbocycles. The molecule has 2 rings (SSSR count). The number of aryl methyl sites for hydroxylation is 1. The molecule has 0 aromatic carbocycles. The van der Waals surface area contributed by atoms with Gasteiger partial charge in [-0.25, -0.2) is 0 Å². The van der Waals surface area contributed by atoms with Crippen LogP contribution in [0.4, 0.5) is 0 Å². The van der Waals surface area contributed by atoms with Gasteiger partial charge in [0, 0.05) is 5.69 Å². The molecule has 4 nitrogen and oxygen atoms in total. The molecule has 1 atom stereocenters. The Morgan fingerprint density at radius 1 is 1.44 bits per heavy atom. The molecule has 1 unspecified atom stereocenters. The van der Waals surface area contributed by atoms with Crippen LogP contribution in [-0.4, -0.2) is 34.8 Å². The summed E-state index contributed by atoms with van der Waals surface area (Å²) < 4.78 is 2.19. The van der Waals surface area contributed by atoms with E-state index in [1.54, 1.807) is 0 Å². The van der Waals surface area contributed by atoms with Gasteiger partial charge in [0.2, 0.25) is 0 Å². The molecule has 1 saturated heterocycles. The van der Waals surface area contributed by atoms with Crippen LogP contribution in [0.3, 0.4) is 0 Å². The second-order valence-electron chi connectivity index (χ2n) is 4.74. The zero-order valence-corrected chi connectivity index (χ0v) is 10.5. The van der Waals surface area contributed by atoms with Crippen LogP contribution in [0.2, 0.25) is 0 Å². The van der Waals surface area contributed by atoms with Crippen molar-refractivity contribution >= 4 is 0 Å². The van der Waals surface area contributed by atoms with Gasteiger partial charge in [0.05, 0.1) is 5.69 Å². The fourth-order valence-corrected chi connectivity index (χ4v) is 2.70. The minimum Gasteiger partial charge on any atom is -0.330 e. The number of nitrogens with zero attached hydrogens (tertiary/aromatic N) is 3. The summed E-state index contributed by atoms with van der Waals surface area (Å²) in [5.74, 6) is 0. The molecule has 0 bridgehead atoms. The number of likely N-dealkylation sites (tertiary alicyclic amines) is 1. The van der Waals surface area contributed by atoms with E-state index in [2.05, 4.69) is 35.6 Å². The molecule has 0 saturated carbocycles. The Kier molecular flexibility index (Phi) is 3.30. The number of rotatable bonds is 3. The van der Waals surface area contributed by atoms with Gasteiger partial charge in [0.25, 0.3) is 0 Å². The summed E-state index contributed by atoms with van der Waals surface area (Å²) in [6.45, 7) is 6.13. The lowest BCUT2D eigenvalue weighted by molar-refractivity contribution is 0.216. The zero-order chi connectivity index (χ0) is 11.7. The summed E-state index contributed by atoms with van der Waals surface area (Å²) >= 11 is 0. The highest BCUT2D eigenvalue weighted by molar-refractivity contribution is 5.25. The Labute approximate surface area is 97.4 Å². The Morgan fingerprint density at radius 3 is 2.75 bits per heavy atom. The van der Waals surface area contributed by atoms with Crippen molar-refractivity contribution in [1.82, 2.24) is 14.7 Å². The molecular weight excluding hydrogens is 200 g/mol. The SMILES string of the molecule is Cc1nn(C2CCCN2C)c(C)c1CCN. The van der Waals surface area contributed by atoms with Crippen molar-refractivity contribution in [2.75, 3.05) is 20.1 Å². The van der Waals surface area contributed by atoms with Crippen LogP contribution in [0.15, 0.2) is 0 Å². The first kappa shape index (κ1) is 11.6. The Bertz CT molecular complexity index is 369. The van der Waals surface area contributed by atoms with Crippen LogP contribution in [0.25, 0.3) is 0 Å². The van der Waals surface area contributed by atoms with Crippen molar-refractivity contribution in [3.63, 3.8) is 0 Å². The molecule has 2 heterocycles. The maximum Gasteiger partial charge on any atom is 0.104 e. The summed E-state index contributed by atoms with van der Waals surface area (Å²) in [5.41, 5.74) is 9.41. The lowest BCUT2D eigenvalue weighted by Gasteiger charge is -2.21. The minimum atomic E-state index is 0.449. The maximum absolute atomic E-state index is 5.64. The Balaban J connectivity index is 2.31. The fraction of sp³-hybridized carbons (Fsp3) is 0.750. The molecule has 1 aromatic rings. The molecular formula is C12H22N4. The van der Waals surface area contributed by atoms with Crippen LogP contribution in [0.1, 0.15) is 36.0 Å². The molecule has 0 radical (unpaired) electrons. The lowest BCUT2D eigenvalue weighted by atomic mass is 10.1. The zero-order valence-electron chi connectivity index (χ0n) is 10.5. The Hall–Kier alpha value is -0.870. The van der Waals surface area contributed by atoms with E-state index < -0.39 is 0 Å². The largest absolute Gasteiger partial charge is 0.330 e. The second kappa shape index (κ2) is 4.55. The molecule has 1 aromatic heterocycles. The summed E-state index contributed by atoms with van der Waals surface area (Å²) in [6.07, 6.45) is 3.87. The normalized spacial score (nSPS) is 21.9. The molecule has 1 fully saturated rings. The van der Waals surface area contributed by atoms with Crippen LogP contribution >= 0.6 is 0 Å². The van der Waals surface area contributed by atoms with Crippen LogP contribution in [0, 0.1) is 13.8 Å². The molecule has 0 spiro atoms. The summed E-state index contributed by atoms with van der Waals surface area (Å²) in [4.78, 5) is 2.38. The average molecular weight is 222 g/mol. The summed E-state index contributed by atoms with van der Waals surface area (Å²) in [5, 5.41) is 4.68. The first-order valence-corrected chi connectivity index (χ1v) is 6.10. The lowest BCUT2D eigenvalue weighted by Crippen LogP contribution is -2.25. The standard InChI is InChI=1S/C12H22N4/c1-9-11(6-7-13)10(2)16(14-9)12-5-4-8-15(12)3/h12H,4-8,13H2,1-3H3. The quantitative estimate of drug-likeness (QED) is 0.836. The molecule has 16 heavy (non-hydrogen) atoms. The van der Waals surface area contributed by atoms with E-state index in [0.717, 1.165) is 12.1 Å². The molecule has 0 amide bonds. The number of nitrogens with two attached hydrogens (primary N) is 1. The highest BCUT2D eigenvalue weighted by atomic mass is 15.4. The van der Waals surface area contributed by atoms with Crippen LogP contribution in [-0.2, 0) is 6.42 Å². The molecule has 1 aliphatic heterocycles. The predicted octanol–water partition coefficient (Wildman–Crippen LogP) is 1.23. The number of hydrogen-bond donors (Lipinski definition) is 1. The highest BCUT2D eigenvalue weighted by Gasteiger charge is 2.25. The first-order valence-electron chi connectivity index (χ1n) is 6.10. The van der Waals surface area contributed by atoms with Crippen LogP contribution in [0.5, 0.6) is 0 Å². The van der Waals surface area contributed by atoms with E-state index >= 15 is 0 Å². The third-order valence-corrected chi connectivity index (χ3v) is 3.63. The fourth-order valence-electron chi connectivity index (χ4n) is 2.70. The van der Waals surface area contributed by atoms with E-state index in [1.807, 2.05) is 0 Å². The first-order chi connectivity index (χ1) is 7.65. The molecule has 4 heteroatoms. The number of hydrogen-bond acceptors (Lipinski definition) is 3. The van der Waals surface area contributed by atoms with Gasteiger partial charge in [-0.2, -0.15) is 5.10 Å². The van der Waals surface area contributed by atoms with Gasteiger partial charge >= 0.3 is 0 Å². The smallest absolute Gasteiger partial charge is 0.104 e. The van der Waals surface area contributed by atoms with Gasteiger partial charge in [-0.1, -0.05) is 0 Å². The molecule has 1 aliphatic rings. The average Bonchev–Trinajstić information content (AvgIpc) is 2.77. The van der Waals surface area contributed by atoms with E-state index in [1.165, 1.54) is 30.6 Å². The summed E-state index contributed by atoms with van der Waals surface area (Å²) in [7, 11) is 2.18.